The van der Waals surface area contributed by atoms with Crippen LogP contribution in [0.15, 0.2) is 0 Å². The summed E-state index contributed by atoms with van der Waals surface area (Å²) in [6, 6.07) is -0.706. The molecule has 19 heavy (non-hydrogen) atoms. The zero-order valence-electron chi connectivity index (χ0n) is 12.1. The van der Waals surface area contributed by atoms with Gasteiger partial charge in [0.15, 0.2) is 0 Å². The summed E-state index contributed by atoms with van der Waals surface area (Å²) in [6.07, 6.45) is -4.93. The lowest BCUT2D eigenvalue weighted by atomic mass is 10.1. The van der Waals surface area contributed by atoms with Gasteiger partial charge in [-0.25, -0.2) is 0 Å². The van der Waals surface area contributed by atoms with Gasteiger partial charge in [0.1, 0.15) is 0 Å². The molecule has 0 amide bonds. The Morgan fingerprint density at radius 1 is 1.16 bits per heavy atom. The van der Waals surface area contributed by atoms with E-state index in [-0.39, 0.29) is 19.3 Å². The number of hydrogen-bond donors (Lipinski definition) is 2. The molecular formula is C13H26F3NO2. The minimum Gasteiger partial charge on any atom is -0.389 e. The molecule has 0 aromatic heterocycles. The Morgan fingerprint density at radius 2 is 1.74 bits per heavy atom. The molecule has 3 unspecified atom stereocenters. The van der Waals surface area contributed by atoms with Crippen LogP contribution >= 0.6 is 0 Å². The second kappa shape index (κ2) is 8.76. The molecule has 0 aliphatic rings. The molecule has 0 aliphatic heterocycles. The van der Waals surface area contributed by atoms with E-state index in [1.807, 2.05) is 6.92 Å². The first kappa shape index (κ1) is 18.7. The van der Waals surface area contributed by atoms with E-state index in [4.69, 9.17) is 4.74 Å². The summed E-state index contributed by atoms with van der Waals surface area (Å²) in [6.45, 7) is 7.77. The van der Waals surface area contributed by atoms with Crippen molar-refractivity contribution in [3.8, 4) is 0 Å². The fraction of sp³-hybridized carbons (Fsp3) is 1.00. The third-order valence-electron chi connectivity index (χ3n) is 2.62. The zero-order chi connectivity index (χ0) is 15.1. The average Bonchev–Trinajstić information content (AvgIpc) is 2.20. The fourth-order valence-corrected chi connectivity index (χ4v) is 1.82. The van der Waals surface area contributed by atoms with Crippen molar-refractivity contribution < 1.29 is 23.0 Å². The van der Waals surface area contributed by atoms with E-state index >= 15 is 0 Å². The number of nitrogens with one attached hydrogen (secondary N) is 1. The Hall–Kier alpha value is -0.330. The zero-order valence-corrected chi connectivity index (χ0v) is 12.1. The van der Waals surface area contributed by atoms with Crippen LogP contribution < -0.4 is 5.32 Å². The van der Waals surface area contributed by atoms with E-state index < -0.39 is 24.7 Å². The Morgan fingerprint density at radius 3 is 2.21 bits per heavy atom. The highest BCUT2D eigenvalue weighted by atomic mass is 19.4. The molecule has 6 heteroatoms. The second-order valence-electron chi connectivity index (χ2n) is 5.56. The number of halogens is 3. The van der Waals surface area contributed by atoms with Gasteiger partial charge in [0.25, 0.3) is 0 Å². The maximum Gasteiger partial charge on any atom is 0.390 e. The van der Waals surface area contributed by atoms with Crippen LogP contribution in [0, 0.1) is 5.92 Å². The Balaban J connectivity index is 3.72. The fourth-order valence-electron chi connectivity index (χ4n) is 1.82. The van der Waals surface area contributed by atoms with Gasteiger partial charge in [-0.3, -0.25) is 0 Å². The predicted octanol–water partition coefficient (Wildman–Crippen LogP) is 2.73. The van der Waals surface area contributed by atoms with Gasteiger partial charge in [0, 0.05) is 12.6 Å². The molecule has 0 bridgehead atoms. The first-order chi connectivity index (χ1) is 8.60. The second-order valence-corrected chi connectivity index (χ2v) is 5.56. The van der Waals surface area contributed by atoms with Crippen LogP contribution in [0.3, 0.4) is 0 Å². The average molecular weight is 285 g/mol. The molecule has 2 N–H and O–H groups in total. The van der Waals surface area contributed by atoms with Crippen molar-refractivity contribution in [1.29, 1.82) is 0 Å². The molecule has 0 heterocycles. The number of hydrogen-bond acceptors (Lipinski definition) is 3. The first-order valence-electron chi connectivity index (χ1n) is 6.70. The smallest absolute Gasteiger partial charge is 0.389 e. The van der Waals surface area contributed by atoms with E-state index in [1.165, 1.54) is 6.92 Å². The van der Waals surface area contributed by atoms with Gasteiger partial charge < -0.3 is 15.2 Å². The van der Waals surface area contributed by atoms with Gasteiger partial charge in [0.2, 0.25) is 0 Å². The minimum atomic E-state index is -4.18. The Bertz CT molecular complexity index is 234. The lowest BCUT2D eigenvalue weighted by molar-refractivity contribution is -0.139. The monoisotopic (exact) mass is 285 g/mol. The SMILES string of the molecule is CC(C)CC(C)OCC(O)CNC(C)CC(F)(F)F. The molecule has 0 aromatic rings. The van der Waals surface area contributed by atoms with Crippen molar-refractivity contribution in [2.24, 2.45) is 5.92 Å². The van der Waals surface area contributed by atoms with Gasteiger partial charge in [-0.05, 0) is 26.2 Å². The molecule has 0 radical (unpaired) electrons. The topological polar surface area (TPSA) is 41.5 Å². The van der Waals surface area contributed by atoms with E-state index in [0.29, 0.717) is 5.92 Å². The molecule has 0 saturated heterocycles. The van der Waals surface area contributed by atoms with Crippen molar-refractivity contribution in [2.75, 3.05) is 13.2 Å². The van der Waals surface area contributed by atoms with Crippen LogP contribution in [0.2, 0.25) is 0 Å². The standard InChI is InChI=1S/C13H26F3NO2/c1-9(2)5-11(4)19-8-12(18)7-17-10(3)6-13(14,15)16/h9-12,17-18H,5-8H2,1-4H3. The molecule has 116 valence electrons. The van der Waals surface area contributed by atoms with E-state index in [2.05, 4.69) is 19.2 Å². The third-order valence-corrected chi connectivity index (χ3v) is 2.62. The molecule has 3 atom stereocenters. The van der Waals surface area contributed by atoms with Crippen LogP contribution in [-0.4, -0.2) is 42.7 Å². The van der Waals surface area contributed by atoms with Crippen molar-refractivity contribution in [1.82, 2.24) is 5.32 Å². The minimum absolute atomic E-state index is 0.0437. The molecule has 3 nitrogen and oxygen atoms in total. The summed E-state index contributed by atoms with van der Waals surface area (Å²) in [4.78, 5) is 0. The lowest BCUT2D eigenvalue weighted by Gasteiger charge is -2.20. The van der Waals surface area contributed by atoms with Crippen molar-refractivity contribution >= 4 is 0 Å². The quantitative estimate of drug-likeness (QED) is 0.684. The maximum atomic E-state index is 12.1. The summed E-state index contributed by atoms with van der Waals surface area (Å²) in [5, 5.41) is 12.3. The highest BCUT2D eigenvalue weighted by Gasteiger charge is 2.29. The number of alkyl halides is 3. The maximum absolute atomic E-state index is 12.1. The molecule has 0 aliphatic carbocycles. The van der Waals surface area contributed by atoms with Crippen molar-refractivity contribution in [3.05, 3.63) is 0 Å². The van der Waals surface area contributed by atoms with Gasteiger partial charge >= 0.3 is 6.18 Å². The van der Waals surface area contributed by atoms with E-state index in [9.17, 15) is 18.3 Å². The van der Waals surface area contributed by atoms with Crippen molar-refractivity contribution in [2.45, 2.75) is 65.0 Å². The van der Waals surface area contributed by atoms with Gasteiger partial charge in [-0.15, -0.1) is 0 Å². The summed E-state index contributed by atoms with van der Waals surface area (Å²) in [5.74, 6) is 0.511. The number of ether oxygens (including phenoxy) is 1. The highest BCUT2D eigenvalue weighted by molar-refractivity contribution is 4.69. The van der Waals surface area contributed by atoms with E-state index in [0.717, 1.165) is 6.42 Å². The third kappa shape index (κ3) is 12.4. The normalized spacial score (nSPS) is 17.5. The highest BCUT2D eigenvalue weighted by Crippen LogP contribution is 2.21. The summed E-state index contributed by atoms with van der Waals surface area (Å²) >= 11 is 0. The van der Waals surface area contributed by atoms with Gasteiger partial charge in [-0.2, -0.15) is 13.2 Å². The van der Waals surface area contributed by atoms with Crippen LogP contribution in [0.25, 0.3) is 0 Å². The summed E-state index contributed by atoms with van der Waals surface area (Å²) in [7, 11) is 0. The van der Waals surface area contributed by atoms with Crippen LogP contribution in [0.4, 0.5) is 13.2 Å². The summed E-state index contributed by atoms with van der Waals surface area (Å²) in [5.41, 5.74) is 0. The molecule has 0 fully saturated rings. The Labute approximate surface area is 113 Å². The van der Waals surface area contributed by atoms with Crippen LogP contribution in [0.1, 0.15) is 40.5 Å². The van der Waals surface area contributed by atoms with Crippen molar-refractivity contribution in [3.63, 3.8) is 0 Å². The predicted molar refractivity (Wildman–Crippen MR) is 69.0 cm³/mol. The number of aliphatic hydroxyl groups is 1. The molecular weight excluding hydrogens is 259 g/mol. The Kier molecular flexibility index (Phi) is 8.61. The molecule has 0 aromatic carbocycles. The first-order valence-corrected chi connectivity index (χ1v) is 6.70. The van der Waals surface area contributed by atoms with E-state index in [1.54, 1.807) is 0 Å². The molecule has 0 spiro atoms. The molecule has 0 rings (SSSR count). The lowest BCUT2D eigenvalue weighted by Crippen LogP contribution is -2.38. The number of aliphatic hydroxyl groups excluding tert-OH is 1. The van der Waals surface area contributed by atoms with Crippen LogP contribution in [-0.2, 0) is 4.74 Å². The van der Waals surface area contributed by atoms with Gasteiger partial charge in [-0.1, -0.05) is 13.8 Å². The summed E-state index contributed by atoms with van der Waals surface area (Å²) < 4.78 is 41.7. The van der Waals surface area contributed by atoms with Crippen LogP contribution in [0.5, 0.6) is 0 Å². The largest absolute Gasteiger partial charge is 0.390 e. The molecule has 0 saturated carbocycles. The number of rotatable bonds is 9. The van der Waals surface area contributed by atoms with Gasteiger partial charge in [0.05, 0.1) is 25.2 Å².